The van der Waals surface area contributed by atoms with Crippen molar-refractivity contribution in [2.24, 2.45) is 5.92 Å². The lowest BCUT2D eigenvalue weighted by Crippen LogP contribution is -2.38. The van der Waals surface area contributed by atoms with E-state index in [2.05, 4.69) is 15.9 Å². The molecule has 1 aromatic rings. The van der Waals surface area contributed by atoms with Crippen LogP contribution in [0, 0.1) is 5.92 Å². The molecule has 1 saturated carbocycles. The van der Waals surface area contributed by atoms with Gasteiger partial charge in [-0.25, -0.2) is 0 Å². The Balaban J connectivity index is 2.18. The standard InChI is InChI=1S/C14H16BrNO3/c1-9(14(18)19)8-16(10-6-7-10)13(17)11-4-2-3-5-12(11)15/h2-5,9-10H,6-8H2,1H3,(H,18,19)/t9-/m0/s1. The molecule has 19 heavy (non-hydrogen) atoms. The SMILES string of the molecule is C[C@@H](CN(C(=O)c1ccccc1Br)C1CC1)C(=O)O. The Morgan fingerprint density at radius 3 is 2.58 bits per heavy atom. The van der Waals surface area contributed by atoms with Crippen LogP contribution in [0.5, 0.6) is 0 Å². The van der Waals surface area contributed by atoms with Gasteiger partial charge in [0.1, 0.15) is 0 Å². The first-order chi connectivity index (χ1) is 9.00. The second-order valence-electron chi connectivity index (χ2n) is 4.91. The molecule has 102 valence electrons. The van der Waals surface area contributed by atoms with Crippen molar-refractivity contribution in [2.75, 3.05) is 6.54 Å². The average Bonchev–Trinajstić information content (AvgIpc) is 3.19. The second kappa shape index (κ2) is 5.74. The summed E-state index contributed by atoms with van der Waals surface area (Å²) in [5, 5.41) is 8.99. The van der Waals surface area contributed by atoms with Crippen molar-refractivity contribution in [3.05, 3.63) is 34.3 Å². The maximum absolute atomic E-state index is 12.5. The number of rotatable bonds is 5. The Hall–Kier alpha value is -1.36. The number of carbonyl (C=O) groups is 2. The van der Waals surface area contributed by atoms with Crippen molar-refractivity contribution in [3.63, 3.8) is 0 Å². The Kier molecular flexibility index (Phi) is 4.24. The van der Waals surface area contributed by atoms with E-state index in [1.165, 1.54) is 0 Å². The highest BCUT2D eigenvalue weighted by Crippen LogP contribution is 2.30. The van der Waals surface area contributed by atoms with Crippen LogP contribution in [0.2, 0.25) is 0 Å². The van der Waals surface area contributed by atoms with E-state index in [0.29, 0.717) is 5.56 Å². The topological polar surface area (TPSA) is 57.6 Å². The third-order valence-electron chi connectivity index (χ3n) is 3.24. The summed E-state index contributed by atoms with van der Waals surface area (Å²) in [4.78, 5) is 25.2. The summed E-state index contributed by atoms with van der Waals surface area (Å²) in [6.45, 7) is 1.89. The fourth-order valence-corrected chi connectivity index (χ4v) is 2.40. The maximum atomic E-state index is 12.5. The molecule has 1 atom stereocenters. The summed E-state index contributed by atoms with van der Waals surface area (Å²) in [7, 11) is 0. The Bertz CT molecular complexity index is 499. The van der Waals surface area contributed by atoms with Crippen LogP contribution in [-0.4, -0.2) is 34.5 Å². The normalized spacial score (nSPS) is 15.9. The molecule has 1 aliphatic rings. The first-order valence-corrected chi connectivity index (χ1v) is 7.08. The van der Waals surface area contributed by atoms with Gasteiger partial charge in [-0.05, 0) is 40.9 Å². The number of hydrogen-bond donors (Lipinski definition) is 1. The quantitative estimate of drug-likeness (QED) is 0.905. The fraction of sp³-hybridized carbons (Fsp3) is 0.429. The number of carboxylic acids is 1. The zero-order valence-electron chi connectivity index (χ0n) is 10.7. The zero-order chi connectivity index (χ0) is 14.0. The van der Waals surface area contributed by atoms with Crippen molar-refractivity contribution < 1.29 is 14.7 Å². The lowest BCUT2D eigenvalue weighted by atomic mass is 10.1. The van der Waals surface area contributed by atoms with Crippen LogP contribution in [0.4, 0.5) is 0 Å². The van der Waals surface area contributed by atoms with Gasteiger partial charge < -0.3 is 10.0 Å². The molecule has 0 heterocycles. The second-order valence-corrected chi connectivity index (χ2v) is 5.76. The van der Waals surface area contributed by atoms with Crippen LogP contribution < -0.4 is 0 Å². The molecular formula is C14H16BrNO3. The van der Waals surface area contributed by atoms with Crippen LogP contribution in [0.15, 0.2) is 28.7 Å². The predicted octanol–water partition coefficient (Wildman–Crippen LogP) is 2.77. The molecule has 0 unspecified atom stereocenters. The highest BCUT2D eigenvalue weighted by atomic mass is 79.9. The van der Waals surface area contributed by atoms with Crippen LogP contribution in [-0.2, 0) is 4.79 Å². The minimum atomic E-state index is -0.870. The van der Waals surface area contributed by atoms with Gasteiger partial charge >= 0.3 is 5.97 Å². The molecule has 5 heteroatoms. The van der Waals surface area contributed by atoms with Crippen molar-refractivity contribution in [2.45, 2.75) is 25.8 Å². The van der Waals surface area contributed by atoms with Crippen molar-refractivity contribution in [1.29, 1.82) is 0 Å². The average molecular weight is 326 g/mol. The summed E-state index contributed by atoms with van der Waals surface area (Å²) in [5.74, 6) is -1.51. The molecule has 4 nitrogen and oxygen atoms in total. The minimum Gasteiger partial charge on any atom is -0.481 e. The van der Waals surface area contributed by atoms with E-state index in [-0.39, 0.29) is 18.5 Å². The van der Waals surface area contributed by atoms with E-state index in [4.69, 9.17) is 5.11 Å². The molecule has 1 N–H and O–H groups in total. The summed E-state index contributed by atoms with van der Waals surface area (Å²) < 4.78 is 0.744. The number of benzene rings is 1. The Morgan fingerprint density at radius 1 is 1.42 bits per heavy atom. The van der Waals surface area contributed by atoms with Gasteiger partial charge in [0, 0.05) is 17.1 Å². The molecular weight excluding hydrogens is 310 g/mol. The summed E-state index contributed by atoms with van der Waals surface area (Å²) in [5.41, 5.74) is 0.590. The number of carbonyl (C=O) groups excluding carboxylic acids is 1. The van der Waals surface area contributed by atoms with Crippen LogP contribution in [0.25, 0.3) is 0 Å². The number of aliphatic carboxylic acids is 1. The monoisotopic (exact) mass is 325 g/mol. The molecule has 0 aromatic heterocycles. The molecule has 1 fully saturated rings. The Labute approximate surface area is 120 Å². The molecule has 0 aliphatic heterocycles. The lowest BCUT2D eigenvalue weighted by Gasteiger charge is -2.24. The van der Waals surface area contributed by atoms with Crippen LogP contribution >= 0.6 is 15.9 Å². The summed E-state index contributed by atoms with van der Waals surface area (Å²) in [6, 6.07) is 7.43. The van der Waals surface area contributed by atoms with Gasteiger partial charge in [0.25, 0.3) is 5.91 Å². The number of amides is 1. The van der Waals surface area contributed by atoms with Crippen LogP contribution in [0.1, 0.15) is 30.1 Å². The molecule has 0 radical (unpaired) electrons. The minimum absolute atomic E-state index is 0.0944. The van der Waals surface area contributed by atoms with Gasteiger partial charge in [-0.2, -0.15) is 0 Å². The highest BCUT2D eigenvalue weighted by Gasteiger charge is 2.35. The molecule has 0 spiro atoms. The maximum Gasteiger partial charge on any atom is 0.308 e. The van der Waals surface area contributed by atoms with Gasteiger partial charge in [-0.15, -0.1) is 0 Å². The molecule has 0 bridgehead atoms. The van der Waals surface area contributed by atoms with E-state index >= 15 is 0 Å². The molecule has 1 aliphatic carbocycles. The number of nitrogens with zero attached hydrogens (tertiary/aromatic N) is 1. The van der Waals surface area contributed by atoms with Gasteiger partial charge in [-0.1, -0.05) is 19.1 Å². The predicted molar refractivity (Wildman–Crippen MR) is 75.0 cm³/mol. The van der Waals surface area contributed by atoms with Gasteiger partial charge in [0.2, 0.25) is 0 Å². The fourth-order valence-electron chi connectivity index (χ4n) is 1.95. The van der Waals surface area contributed by atoms with E-state index in [1.54, 1.807) is 17.9 Å². The number of hydrogen-bond acceptors (Lipinski definition) is 2. The van der Waals surface area contributed by atoms with E-state index in [1.807, 2.05) is 18.2 Å². The zero-order valence-corrected chi connectivity index (χ0v) is 12.3. The molecule has 1 aromatic carbocycles. The third-order valence-corrected chi connectivity index (χ3v) is 3.94. The van der Waals surface area contributed by atoms with Crippen molar-refractivity contribution >= 4 is 27.8 Å². The lowest BCUT2D eigenvalue weighted by molar-refractivity contribution is -0.141. The van der Waals surface area contributed by atoms with Crippen molar-refractivity contribution in [1.82, 2.24) is 4.90 Å². The van der Waals surface area contributed by atoms with E-state index < -0.39 is 11.9 Å². The largest absolute Gasteiger partial charge is 0.481 e. The number of halogens is 1. The third kappa shape index (κ3) is 3.35. The smallest absolute Gasteiger partial charge is 0.308 e. The van der Waals surface area contributed by atoms with E-state index in [0.717, 1.165) is 17.3 Å². The molecule has 2 rings (SSSR count). The summed E-state index contributed by atoms with van der Waals surface area (Å²) in [6.07, 6.45) is 1.92. The van der Waals surface area contributed by atoms with Gasteiger partial charge in [0.15, 0.2) is 0 Å². The van der Waals surface area contributed by atoms with Crippen molar-refractivity contribution in [3.8, 4) is 0 Å². The highest BCUT2D eigenvalue weighted by molar-refractivity contribution is 9.10. The van der Waals surface area contributed by atoms with Gasteiger partial charge in [-0.3, -0.25) is 9.59 Å². The van der Waals surface area contributed by atoms with Gasteiger partial charge in [0.05, 0.1) is 11.5 Å². The Morgan fingerprint density at radius 2 is 2.05 bits per heavy atom. The first-order valence-electron chi connectivity index (χ1n) is 6.29. The molecule has 0 saturated heterocycles. The van der Waals surface area contributed by atoms with Crippen LogP contribution in [0.3, 0.4) is 0 Å². The van der Waals surface area contributed by atoms with E-state index in [9.17, 15) is 9.59 Å². The number of carboxylic acid groups (broad SMARTS) is 1. The first kappa shape index (κ1) is 14.1. The summed E-state index contributed by atoms with van der Waals surface area (Å²) >= 11 is 3.37. The molecule has 1 amide bonds.